The van der Waals surface area contributed by atoms with Gasteiger partial charge in [0.2, 0.25) is 0 Å². The van der Waals surface area contributed by atoms with Crippen LogP contribution in [0.25, 0.3) is 21.5 Å². The fraction of sp³-hybridized carbons (Fsp3) is 0.182. The summed E-state index contributed by atoms with van der Waals surface area (Å²) in [5.74, 6) is 0. The van der Waals surface area contributed by atoms with Gasteiger partial charge in [-0.1, -0.05) is 39.1 Å². The molecule has 0 nitrogen and oxygen atoms in total. The molecule has 4 rings (SSSR count). The third-order valence-corrected chi connectivity index (χ3v) is 9.07. The summed E-state index contributed by atoms with van der Waals surface area (Å²) in [6, 6.07) is 22.4. The number of hydrogen-bond acceptors (Lipinski definition) is 0. The molecular formula is C22H22Cl2SiZr. The van der Waals surface area contributed by atoms with Crippen molar-refractivity contribution >= 4 is 40.0 Å². The number of aryl methyl sites for hydroxylation is 2. The van der Waals surface area contributed by atoms with Crippen LogP contribution in [-0.4, -0.2) is 8.07 Å². The fourth-order valence-electron chi connectivity index (χ4n) is 4.52. The summed E-state index contributed by atoms with van der Waals surface area (Å²) in [6.45, 7) is 9.59. The van der Waals surface area contributed by atoms with Gasteiger partial charge < -0.3 is 24.8 Å². The maximum Gasteiger partial charge on any atom is 4.00 e. The molecule has 0 bridgehead atoms. The van der Waals surface area contributed by atoms with Gasteiger partial charge >= 0.3 is 26.2 Å². The predicted octanol–water partition coefficient (Wildman–Crippen LogP) is -1.12. The topological polar surface area (TPSA) is 0 Å². The first-order valence-electron chi connectivity index (χ1n) is 8.31. The summed E-state index contributed by atoms with van der Waals surface area (Å²) in [7, 11) is -1.77. The van der Waals surface area contributed by atoms with E-state index in [0.717, 1.165) is 0 Å². The van der Waals surface area contributed by atoms with Crippen LogP contribution < -0.4 is 35.2 Å². The molecule has 0 aliphatic heterocycles. The van der Waals surface area contributed by atoms with E-state index in [9.17, 15) is 0 Å². The summed E-state index contributed by atoms with van der Waals surface area (Å²) >= 11 is 0. The van der Waals surface area contributed by atoms with Crippen LogP contribution in [0.2, 0.25) is 13.1 Å². The van der Waals surface area contributed by atoms with Crippen LogP contribution in [-0.2, 0) is 26.2 Å². The van der Waals surface area contributed by atoms with Gasteiger partial charge in [0, 0.05) is 8.07 Å². The van der Waals surface area contributed by atoms with Crippen molar-refractivity contribution in [1.29, 1.82) is 0 Å². The predicted molar refractivity (Wildman–Crippen MR) is 105 cm³/mol. The summed E-state index contributed by atoms with van der Waals surface area (Å²) in [4.78, 5) is 0. The second kappa shape index (κ2) is 8.57. The summed E-state index contributed by atoms with van der Waals surface area (Å²) < 4.78 is 0. The molecule has 0 unspecified atom stereocenters. The molecule has 0 radical (unpaired) electrons. The molecule has 26 heavy (non-hydrogen) atoms. The molecule has 4 aromatic carbocycles. The SMILES string of the molecule is Cc1[cH-]c2ccccc2c1[Si](C)(C)c1c(C)[cH-]c2ccccc12.[Cl-].[Cl-].[Zr+4]. The number of halogens is 2. The molecule has 0 saturated heterocycles. The van der Waals surface area contributed by atoms with E-state index < -0.39 is 8.07 Å². The molecule has 132 valence electrons. The van der Waals surface area contributed by atoms with Crippen molar-refractivity contribution in [3.63, 3.8) is 0 Å². The van der Waals surface area contributed by atoms with Gasteiger partial charge in [-0.05, 0) is 0 Å². The van der Waals surface area contributed by atoms with E-state index in [-0.39, 0.29) is 51.0 Å². The normalized spacial score (nSPS) is 10.9. The molecule has 0 saturated carbocycles. The Kier molecular flexibility index (Phi) is 7.70. The Labute approximate surface area is 188 Å². The molecule has 0 aliphatic rings. The van der Waals surface area contributed by atoms with Crippen LogP contribution in [0.5, 0.6) is 0 Å². The van der Waals surface area contributed by atoms with Crippen molar-refractivity contribution in [2.45, 2.75) is 26.9 Å². The minimum Gasteiger partial charge on any atom is -1.00 e. The van der Waals surface area contributed by atoms with Gasteiger partial charge in [-0.3, -0.25) is 0 Å². The van der Waals surface area contributed by atoms with Crippen molar-refractivity contribution < 1.29 is 51.0 Å². The zero-order chi connectivity index (χ0) is 16.2. The maximum absolute atomic E-state index is 2.51. The van der Waals surface area contributed by atoms with Crippen molar-refractivity contribution in [1.82, 2.24) is 0 Å². The number of rotatable bonds is 2. The van der Waals surface area contributed by atoms with Gasteiger partial charge in [-0.2, -0.15) is 10.4 Å². The third kappa shape index (κ3) is 3.54. The van der Waals surface area contributed by atoms with E-state index >= 15 is 0 Å². The zero-order valence-electron chi connectivity index (χ0n) is 15.5. The van der Waals surface area contributed by atoms with Crippen molar-refractivity contribution in [3.05, 3.63) is 71.8 Å². The Hall–Kier alpha value is -0.660. The van der Waals surface area contributed by atoms with E-state index in [1.165, 1.54) is 32.7 Å². The van der Waals surface area contributed by atoms with E-state index in [4.69, 9.17) is 0 Å². The first-order chi connectivity index (χ1) is 11.0. The van der Waals surface area contributed by atoms with Crippen molar-refractivity contribution in [2.75, 3.05) is 0 Å². The fourth-order valence-corrected chi connectivity index (χ4v) is 8.69. The van der Waals surface area contributed by atoms with Crippen LogP contribution in [0.15, 0.2) is 60.7 Å². The Morgan fingerprint density at radius 2 is 1.00 bits per heavy atom. The van der Waals surface area contributed by atoms with Crippen molar-refractivity contribution in [2.24, 2.45) is 0 Å². The minimum absolute atomic E-state index is 0. The quantitative estimate of drug-likeness (QED) is 0.254. The average molecular weight is 477 g/mol. The smallest absolute Gasteiger partial charge is 1.00 e. The molecule has 4 aromatic rings. The van der Waals surface area contributed by atoms with Gasteiger partial charge in [0.15, 0.2) is 0 Å². The molecule has 0 heterocycles. The Bertz CT molecular complexity index is 945. The monoisotopic (exact) mass is 474 g/mol. The molecular weight excluding hydrogens is 454 g/mol. The molecule has 0 fully saturated rings. The largest absolute Gasteiger partial charge is 4.00 e. The second-order valence-corrected chi connectivity index (χ2v) is 11.5. The van der Waals surface area contributed by atoms with Gasteiger partial charge in [0.05, 0.1) is 0 Å². The van der Waals surface area contributed by atoms with Crippen LogP contribution in [0.1, 0.15) is 11.1 Å². The number of hydrogen-bond donors (Lipinski definition) is 0. The number of fused-ring (bicyclic) bond motifs is 2. The molecule has 0 aliphatic carbocycles. The third-order valence-electron chi connectivity index (χ3n) is 5.24. The van der Waals surface area contributed by atoms with Crippen LogP contribution in [0.3, 0.4) is 0 Å². The average Bonchev–Trinajstić information content (AvgIpc) is 3.02. The molecule has 0 amide bonds. The zero-order valence-corrected chi connectivity index (χ0v) is 20.5. The van der Waals surface area contributed by atoms with E-state index in [1.807, 2.05) is 0 Å². The van der Waals surface area contributed by atoms with Crippen molar-refractivity contribution in [3.8, 4) is 0 Å². The van der Waals surface area contributed by atoms with Crippen LogP contribution in [0.4, 0.5) is 0 Å². The van der Waals surface area contributed by atoms with Gasteiger partial charge in [-0.15, -0.1) is 81.2 Å². The van der Waals surface area contributed by atoms with Gasteiger partial charge in [-0.25, -0.2) is 0 Å². The van der Waals surface area contributed by atoms with Crippen LogP contribution in [0, 0.1) is 13.8 Å². The molecule has 0 spiro atoms. The standard InChI is InChI=1S/C22H22Si.2ClH.Zr/c1-15-13-17-9-5-7-11-19(17)21(15)23(3,4)22-16(2)14-18-10-6-8-12-20(18)22;;;/h5-14H,1-4H3;2*1H;/q-2;;;+4/p-2. The van der Waals surface area contributed by atoms with Crippen LogP contribution >= 0.6 is 0 Å². The van der Waals surface area contributed by atoms with E-state index in [2.05, 4.69) is 87.6 Å². The Balaban J connectivity index is 0.00000113. The molecule has 0 atom stereocenters. The van der Waals surface area contributed by atoms with E-state index in [0.29, 0.717) is 0 Å². The van der Waals surface area contributed by atoms with Gasteiger partial charge in [0.1, 0.15) is 0 Å². The first kappa shape index (κ1) is 23.4. The second-order valence-electron chi connectivity index (χ2n) is 7.20. The number of benzene rings is 2. The van der Waals surface area contributed by atoms with Gasteiger partial charge in [0.25, 0.3) is 0 Å². The minimum atomic E-state index is -1.77. The molecule has 0 aromatic heterocycles. The Morgan fingerprint density at radius 3 is 1.38 bits per heavy atom. The maximum atomic E-state index is 2.51. The summed E-state index contributed by atoms with van der Waals surface area (Å²) in [5.41, 5.74) is 2.90. The Morgan fingerprint density at radius 1 is 0.654 bits per heavy atom. The first-order valence-corrected chi connectivity index (χ1v) is 11.3. The van der Waals surface area contributed by atoms with E-state index in [1.54, 1.807) is 10.4 Å². The molecule has 0 N–H and O–H groups in total. The summed E-state index contributed by atoms with van der Waals surface area (Å²) in [6.07, 6.45) is 0. The molecule has 4 heteroatoms. The summed E-state index contributed by atoms with van der Waals surface area (Å²) in [5, 5.41) is 8.88.